The van der Waals surface area contributed by atoms with E-state index >= 15 is 0 Å². The lowest BCUT2D eigenvalue weighted by molar-refractivity contribution is -0.133. The number of rotatable bonds is 10. The molecule has 5 nitrogen and oxygen atoms in total. The molecule has 0 aliphatic carbocycles. The van der Waals surface area contributed by atoms with Gasteiger partial charge in [0.15, 0.2) is 0 Å². The zero-order chi connectivity index (χ0) is 24.5. The lowest BCUT2D eigenvalue weighted by atomic mass is 10.1. The van der Waals surface area contributed by atoms with Crippen molar-refractivity contribution in [1.82, 2.24) is 9.80 Å². The summed E-state index contributed by atoms with van der Waals surface area (Å²) in [4.78, 5) is 17.1. The minimum atomic E-state index is -0.0983. The number of carbonyl (C=O) groups is 1. The van der Waals surface area contributed by atoms with Crippen LogP contribution in [0.25, 0.3) is 0 Å². The Balaban J connectivity index is 1.32. The van der Waals surface area contributed by atoms with E-state index in [-0.39, 0.29) is 12.0 Å². The molecule has 1 aliphatic heterocycles. The second-order valence-electron chi connectivity index (χ2n) is 8.87. The molecular weight excluding hydrogens is 460 g/mol. The van der Waals surface area contributed by atoms with Gasteiger partial charge in [-0.3, -0.25) is 9.69 Å². The van der Waals surface area contributed by atoms with Crippen molar-refractivity contribution in [2.75, 3.05) is 39.8 Å². The van der Waals surface area contributed by atoms with Crippen molar-refractivity contribution in [1.29, 1.82) is 0 Å². The molecule has 1 saturated heterocycles. The molecule has 0 spiro atoms. The fraction of sp³-hybridized carbons (Fsp3) is 0.345. The van der Waals surface area contributed by atoms with Crippen LogP contribution in [0.1, 0.15) is 29.2 Å². The van der Waals surface area contributed by atoms with E-state index in [1.165, 1.54) is 5.56 Å². The van der Waals surface area contributed by atoms with Gasteiger partial charge in [0, 0.05) is 44.2 Å². The monoisotopic (exact) mass is 492 g/mol. The summed E-state index contributed by atoms with van der Waals surface area (Å²) in [5.74, 6) is 1.05. The van der Waals surface area contributed by atoms with Crippen LogP contribution in [-0.2, 0) is 22.6 Å². The zero-order valence-electron chi connectivity index (χ0n) is 20.2. The van der Waals surface area contributed by atoms with Gasteiger partial charge in [0.25, 0.3) is 0 Å². The Morgan fingerprint density at radius 3 is 2.34 bits per heavy atom. The Bertz CT molecular complexity index is 1070. The predicted octanol–water partition coefficient (Wildman–Crippen LogP) is 5.38. The number of benzene rings is 3. The lowest BCUT2D eigenvalue weighted by Crippen LogP contribution is -2.49. The first-order valence-corrected chi connectivity index (χ1v) is 12.5. The summed E-state index contributed by atoms with van der Waals surface area (Å²) in [6.07, 6.45) is 1.25. The van der Waals surface area contributed by atoms with Gasteiger partial charge in [0.2, 0.25) is 5.91 Å². The minimum Gasteiger partial charge on any atom is -0.497 e. The van der Waals surface area contributed by atoms with Gasteiger partial charge in [0.1, 0.15) is 5.75 Å². The van der Waals surface area contributed by atoms with Crippen LogP contribution in [0.4, 0.5) is 0 Å². The molecule has 3 aromatic carbocycles. The van der Waals surface area contributed by atoms with Crippen molar-refractivity contribution in [3.05, 3.63) is 101 Å². The third-order valence-corrected chi connectivity index (χ3v) is 6.70. The van der Waals surface area contributed by atoms with Crippen molar-refractivity contribution in [2.45, 2.75) is 25.6 Å². The molecular formula is C29H33ClN2O3. The van der Waals surface area contributed by atoms with Gasteiger partial charge in [-0.25, -0.2) is 0 Å². The largest absolute Gasteiger partial charge is 0.497 e. The number of aryl methyl sites for hydroxylation is 1. The molecule has 0 unspecified atom stereocenters. The number of halogens is 1. The van der Waals surface area contributed by atoms with Gasteiger partial charge < -0.3 is 14.4 Å². The average Bonchev–Trinajstić information content (AvgIpc) is 2.91. The Hall–Kier alpha value is -2.86. The number of nitrogens with zero attached hydrogens (tertiary/aromatic N) is 2. The molecule has 1 heterocycles. The molecule has 0 N–H and O–H groups in total. The number of ether oxygens (including phenoxy) is 2. The maximum Gasteiger partial charge on any atom is 0.222 e. The highest BCUT2D eigenvalue weighted by atomic mass is 35.5. The van der Waals surface area contributed by atoms with Crippen LogP contribution in [0.15, 0.2) is 78.9 Å². The molecule has 3 aromatic rings. The minimum absolute atomic E-state index is 0.0983. The molecule has 1 amide bonds. The van der Waals surface area contributed by atoms with Gasteiger partial charge in [-0.05, 0) is 47.4 Å². The number of amides is 1. The van der Waals surface area contributed by atoms with Crippen LogP contribution in [0.2, 0.25) is 5.02 Å². The van der Waals surface area contributed by atoms with Crippen molar-refractivity contribution in [3.8, 4) is 5.75 Å². The van der Waals surface area contributed by atoms with E-state index in [0.717, 1.165) is 56.0 Å². The normalized spacial score (nSPS) is 15.1. The second-order valence-corrected chi connectivity index (χ2v) is 9.31. The second kappa shape index (κ2) is 12.7. The lowest BCUT2D eigenvalue weighted by Gasteiger charge is -2.36. The molecule has 1 atom stereocenters. The van der Waals surface area contributed by atoms with Crippen molar-refractivity contribution >= 4 is 17.5 Å². The summed E-state index contributed by atoms with van der Waals surface area (Å²) in [6.45, 7) is 4.42. The third-order valence-electron chi connectivity index (χ3n) is 6.45. The maximum atomic E-state index is 12.7. The average molecular weight is 493 g/mol. The highest BCUT2D eigenvalue weighted by Crippen LogP contribution is 2.24. The Morgan fingerprint density at radius 2 is 1.63 bits per heavy atom. The zero-order valence-corrected chi connectivity index (χ0v) is 21.0. The molecule has 4 rings (SSSR count). The third kappa shape index (κ3) is 7.56. The number of carbonyl (C=O) groups excluding carboxylic acids is 1. The smallest absolute Gasteiger partial charge is 0.222 e. The number of piperazine rings is 1. The molecule has 0 saturated carbocycles. The van der Waals surface area contributed by atoms with Crippen LogP contribution in [0.3, 0.4) is 0 Å². The summed E-state index contributed by atoms with van der Waals surface area (Å²) in [5, 5.41) is 0.711. The van der Waals surface area contributed by atoms with Crippen LogP contribution in [0, 0.1) is 0 Å². The fourth-order valence-corrected chi connectivity index (χ4v) is 4.49. The highest BCUT2D eigenvalue weighted by Gasteiger charge is 2.24. The molecule has 6 heteroatoms. The Kier molecular flexibility index (Phi) is 9.18. The van der Waals surface area contributed by atoms with E-state index in [1.807, 2.05) is 71.6 Å². The SMILES string of the molecule is COc1cccc(CO[C@@H](CN2CCN(C(=O)CCc3ccccc3)CC2)c2ccc(Cl)cc2)c1. The van der Waals surface area contributed by atoms with Crippen LogP contribution >= 0.6 is 11.6 Å². The van der Waals surface area contributed by atoms with E-state index in [4.69, 9.17) is 21.1 Å². The molecule has 35 heavy (non-hydrogen) atoms. The molecule has 0 radical (unpaired) electrons. The standard InChI is InChI=1S/C29H33ClN2O3/c1-34-27-9-5-8-24(20-27)22-35-28(25-11-13-26(30)14-12-25)21-31-16-18-32(19-17-31)29(33)15-10-23-6-3-2-4-7-23/h2-9,11-14,20,28H,10,15-19,21-22H2,1H3/t28-/m0/s1. The first kappa shape index (κ1) is 25.2. The Labute approximate surface area is 213 Å². The van der Waals surface area contributed by atoms with Gasteiger partial charge in [-0.2, -0.15) is 0 Å². The first-order chi connectivity index (χ1) is 17.1. The molecule has 1 fully saturated rings. The summed E-state index contributed by atoms with van der Waals surface area (Å²) in [7, 11) is 1.67. The summed E-state index contributed by atoms with van der Waals surface area (Å²) in [6, 6.07) is 26.0. The van der Waals surface area contributed by atoms with Crippen LogP contribution in [0.5, 0.6) is 5.75 Å². The van der Waals surface area contributed by atoms with Crippen molar-refractivity contribution in [2.24, 2.45) is 0 Å². The van der Waals surface area contributed by atoms with Gasteiger partial charge in [0.05, 0.1) is 19.8 Å². The first-order valence-electron chi connectivity index (χ1n) is 12.1. The van der Waals surface area contributed by atoms with Gasteiger partial charge in [-0.15, -0.1) is 0 Å². The topological polar surface area (TPSA) is 42.0 Å². The van der Waals surface area contributed by atoms with E-state index in [0.29, 0.717) is 18.1 Å². The fourth-order valence-electron chi connectivity index (χ4n) is 4.36. The summed E-state index contributed by atoms with van der Waals surface area (Å²) < 4.78 is 11.7. The highest BCUT2D eigenvalue weighted by molar-refractivity contribution is 6.30. The quantitative estimate of drug-likeness (QED) is 0.381. The molecule has 0 aromatic heterocycles. The number of hydrogen-bond donors (Lipinski definition) is 0. The molecule has 184 valence electrons. The van der Waals surface area contributed by atoms with E-state index in [2.05, 4.69) is 17.0 Å². The van der Waals surface area contributed by atoms with Crippen LogP contribution < -0.4 is 4.74 Å². The van der Waals surface area contributed by atoms with Crippen molar-refractivity contribution < 1.29 is 14.3 Å². The maximum absolute atomic E-state index is 12.7. The van der Waals surface area contributed by atoms with E-state index in [1.54, 1.807) is 7.11 Å². The number of methoxy groups -OCH3 is 1. The Morgan fingerprint density at radius 1 is 0.914 bits per heavy atom. The van der Waals surface area contributed by atoms with E-state index in [9.17, 15) is 4.79 Å². The summed E-state index contributed by atoms with van der Waals surface area (Å²) >= 11 is 6.12. The van der Waals surface area contributed by atoms with Crippen LogP contribution in [-0.4, -0.2) is 55.5 Å². The molecule has 1 aliphatic rings. The van der Waals surface area contributed by atoms with Gasteiger partial charge in [-0.1, -0.05) is 66.2 Å². The van der Waals surface area contributed by atoms with Crippen molar-refractivity contribution in [3.63, 3.8) is 0 Å². The van der Waals surface area contributed by atoms with E-state index < -0.39 is 0 Å². The molecule has 0 bridgehead atoms. The predicted molar refractivity (Wildman–Crippen MR) is 140 cm³/mol. The number of hydrogen-bond acceptors (Lipinski definition) is 4. The summed E-state index contributed by atoms with van der Waals surface area (Å²) in [5.41, 5.74) is 3.37. The van der Waals surface area contributed by atoms with Gasteiger partial charge >= 0.3 is 0 Å².